The van der Waals surface area contributed by atoms with Gasteiger partial charge in [0.25, 0.3) is 5.89 Å². The lowest BCUT2D eigenvalue weighted by Gasteiger charge is -2.04. The van der Waals surface area contributed by atoms with Crippen molar-refractivity contribution in [3.8, 4) is 11.4 Å². The van der Waals surface area contributed by atoms with Gasteiger partial charge in [0.2, 0.25) is 5.82 Å². The number of aromatic nitrogens is 2. The highest BCUT2D eigenvalue weighted by molar-refractivity contribution is 5.97. The molecule has 3 rings (SSSR count). The topological polar surface area (TPSA) is 82.3 Å². The Morgan fingerprint density at radius 2 is 1.72 bits per heavy atom. The predicted octanol–water partition coefficient (Wildman–Crippen LogP) is 4.71. The molecule has 1 heterocycles. The van der Waals surface area contributed by atoms with Crippen molar-refractivity contribution in [3.63, 3.8) is 0 Å². The van der Waals surface area contributed by atoms with Crippen LogP contribution < -0.4 is 0 Å². The minimum absolute atomic E-state index is 0.0260. The highest BCUT2D eigenvalue weighted by Gasteiger charge is 2.14. The van der Waals surface area contributed by atoms with Crippen LogP contribution in [0.25, 0.3) is 11.4 Å². The summed E-state index contributed by atoms with van der Waals surface area (Å²) in [7, 11) is 0. The average Bonchev–Trinajstić information content (AvgIpc) is 3.20. The van der Waals surface area contributed by atoms with E-state index in [0.717, 1.165) is 5.56 Å². The Morgan fingerprint density at radius 3 is 2.38 bits per heavy atom. The normalized spacial score (nSPS) is 10.9. The fourth-order valence-electron chi connectivity index (χ4n) is 2.66. The monoisotopic (exact) mass is 396 g/mol. The van der Waals surface area contributed by atoms with Crippen molar-refractivity contribution >= 4 is 11.8 Å². The van der Waals surface area contributed by atoms with Gasteiger partial charge in [0.05, 0.1) is 6.42 Å². The first-order valence-corrected chi connectivity index (χ1v) is 9.29. The van der Waals surface area contributed by atoms with Gasteiger partial charge in [0.15, 0.2) is 12.4 Å². The quantitative estimate of drug-likeness (QED) is 0.405. The lowest BCUT2D eigenvalue weighted by atomic mass is 10.0. The van der Waals surface area contributed by atoms with Crippen molar-refractivity contribution in [2.75, 3.05) is 0 Å². The van der Waals surface area contributed by atoms with E-state index in [4.69, 9.17) is 9.26 Å². The molecular formula is C22H21FN2O4. The lowest BCUT2D eigenvalue weighted by molar-refractivity contribution is -0.145. The van der Waals surface area contributed by atoms with Gasteiger partial charge in [-0.15, -0.1) is 0 Å². The number of hydrogen-bond donors (Lipinski definition) is 0. The van der Waals surface area contributed by atoms with E-state index in [2.05, 4.69) is 24.0 Å². The molecule has 0 aliphatic rings. The van der Waals surface area contributed by atoms with Crippen LogP contribution in [-0.2, 0) is 16.1 Å². The first kappa shape index (κ1) is 20.4. The Bertz CT molecular complexity index is 979. The van der Waals surface area contributed by atoms with Crippen molar-refractivity contribution in [2.45, 2.75) is 39.2 Å². The second-order valence-corrected chi connectivity index (χ2v) is 6.88. The van der Waals surface area contributed by atoms with Gasteiger partial charge >= 0.3 is 5.97 Å². The molecule has 7 heteroatoms. The number of carbonyl (C=O) groups excluding carboxylic acids is 2. The van der Waals surface area contributed by atoms with E-state index in [9.17, 15) is 14.0 Å². The summed E-state index contributed by atoms with van der Waals surface area (Å²) in [6.45, 7) is 4.06. The number of esters is 1. The average molecular weight is 396 g/mol. The number of nitrogens with zero attached hydrogens (tertiary/aromatic N) is 2. The van der Waals surface area contributed by atoms with Crippen molar-refractivity contribution < 1.29 is 23.2 Å². The number of ether oxygens (including phenoxy) is 1. The molecule has 0 saturated heterocycles. The van der Waals surface area contributed by atoms with Gasteiger partial charge < -0.3 is 9.26 Å². The van der Waals surface area contributed by atoms with Crippen LogP contribution in [0.3, 0.4) is 0 Å². The molecule has 0 aliphatic carbocycles. The van der Waals surface area contributed by atoms with Gasteiger partial charge in [-0.3, -0.25) is 9.59 Å². The molecule has 3 aromatic rings. The molecule has 0 saturated carbocycles. The zero-order chi connectivity index (χ0) is 20.8. The molecule has 0 atom stereocenters. The number of carbonyl (C=O) groups is 2. The molecule has 0 fully saturated rings. The van der Waals surface area contributed by atoms with Crippen LogP contribution in [0, 0.1) is 5.82 Å². The van der Waals surface area contributed by atoms with Gasteiger partial charge in [-0.25, -0.2) is 4.39 Å². The lowest BCUT2D eigenvalue weighted by Crippen LogP contribution is -2.08. The summed E-state index contributed by atoms with van der Waals surface area (Å²) < 4.78 is 23.1. The Kier molecular flexibility index (Phi) is 6.49. The van der Waals surface area contributed by atoms with Gasteiger partial charge in [-0.05, 0) is 35.7 Å². The van der Waals surface area contributed by atoms with E-state index >= 15 is 0 Å². The summed E-state index contributed by atoms with van der Waals surface area (Å²) in [6.07, 6.45) is -0.115. The second-order valence-electron chi connectivity index (χ2n) is 6.88. The fourth-order valence-corrected chi connectivity index (χ4v) is 2.66. The van der Waals surface area contributed by atoms with E-state index in [1.54, 1.807) is 0 Å². The first-order chi connectivity index (χ1) is 13.9. The van der Waals surface area contributed by atoms with Crippen LogP contribution in [0.4, 0.5) is 4.39 Å². The highest BCUT2D eigenvalue weighted by Crippen LogP contribution is 2.20. The number of Topliss-reactive ketones (excluding diaryl/α,β-unsaturated/α-hetero) is 1. The summed E-state index contributed by atoms with van der Waals surface area (Å²) in [5.74, 6) is -0.215. The summed E-state index contributed by atoms with van der Waals surface area (Å²) >= 11 is 0. The van der Waals surface area contributed by atoms with Gasteiger partial charge in [0, 0.05) is 17.5 Å². The number of hydrogen-bond acceptors (Lipinski definition) is 6. The standard InChI is InChI=1S/C22H21FN2O4/c1-14(2)15-3-5-17(6-4-15)22-24-20(29-25-22)13-28-21(27)12-11-19(26)16-7-9-18(23)10-8-16/h3-10,14H,11-13H2,1-2H3. The highest BCUT2D eigenvalue weighted by atomic mass is 19.1. The summed E-state index contributed by atoms with van der Waals surface area (Å²) in [4.78, 5) is 28.1. The van der Waals surface area contributed by atoms with Crippen LogP contribution in [0.2, 0.25) is 0 Å². The van der Waals surface area contributed by atoms with Crippen LogP contribution in [-0.4, -0.2) is 21.9 Å². The Morgan fingerprint density at radius 1 is 1.03 bits per heavy atom. The molecule has 0 spiro atoms. The zero-order valence-electron chi connectivity index (χ0n) is 16.2. The van der Waals surface area contributed by atoms with E-state index in [-0.39, 0.29) is 31.1 Å². The molecule has 2 aromatic carbocycles. The molecule has 0 amide bonds. The van der Waals surface area contributed by atoms with Crippen LogP contribution >= 0.6 is 0 Å². The maximum Gasteiger partial charge on any atom is 0.306 e. The van der Waals surface area contributed by atoms with Crippen molar-refractivity contribution in [3.05, 3.63) is 71.4 Å². The third kappa shape index (κ3) is 5.57. The minimum Gasteiger partial charge on any atom is -0.456 e. The summed E-state index contributed by atoms with van der Waals surface area (Å²) in [5.41, 5.74) is 2.37. The molecular weight excluding hydrogens is 375 g/mol. The molecule has 1 aromatic heterocycles. The maximum absolute atomic E-state index is 12.9. The zero-order valence-corrected chi connectivity index (χ0v) is 16.2. The van der Waals surface area contributed by atoms with E-state index in [0.29, 0.717) is 17.3 Å². The first-order valence-electron chi connectivity index (χ1n) is 9.29. The Labute approximate surface area is 167 Å². The smallest absolute Gasteiger partial charge is 0.306 e. The van der Waals surface area contributed by atoms with Gasteiger partial charge in [-0.2, -0.15) is 4.98 Å². The van der Waals surface area contributed by atoms with Crippen LogP contribution in [0.1, 0.15) is 54.4 Å². The third-order valence-corrected chi connectivity index (χ3v) is 4.38. The Hall–Kier alpha value is -3.35. The van der Waals surface area contributed by atoms with Crippen LogP contribution in [0.5, 0.6) is 0 Å². The van der Waals surface area contributed by atoms with Crippen molar-refractivity contribution in [1.29, 1.82) is 0 Å². The summed E-state index contributed by atoms with van der Waals surface area (Å²) in [5, 5.41) is 3.90. The van der Waals surface area contributed by atoms with Crippen LogP contribution in [0.15, 0.2) is 53.1 Å². The Balaban J connectivity index is 1.48. The molecule has 0 aliphatic heterocycles. The summed E-state index contributed by atoms with van der Waals surface area (Å²) in [6, 6.07) is 13.0. The second kappa shape index (κ2) is 9.23. The SMILES string of the molecule is CC(C)c1ccc(-c2noc(COC(=O)CCC(=O)c3ccc(F)cc3)n2)cc1. The van der Waals surface area contributed by atoms with Gasteiger partial charge in [-0.1, -0.05) is 43.3 Å². The van der Waals surface area contributed by atoms with E-state index < -0.39 is 11.8 Å². The van der Waals surface area contributed by atoms with Crippen molar-refractivity contribution in [2.24, 2.45) is 0 Å². The maximum atomic E-state index is 12.9. The fraction of sp³-hybridized carbons (Fsp3) is 0.273. The largest absolute Gasteiger partial charge is 0.456 e. The number of benzene rings is 2. The molecule has 0 bridgehead atoms. The molecule has 29 heavy (non-hydrogen) atoms. The molecule has 0 N–H and O–H groups in total. The number of ketones is 1. The molecule has 150 valence electrons. The van der Waals surface area contributed by atoms with E-state index in [1.807, 2.05) is 24.3 Å². The number of halogens is 1. The molecule has 0 radical (unpaired) electrons. The third-order valence-electron chi connectivity index (χ3n) is 4.38. The van der Waals surface area contributed by atoms with Gasteiger partial charge in [0.1, 0.15) is 5.82 Å². The van der Waals surface area contributed by atoms with E-state index in [1.165, 1.54) is 29.8 Å². The van der Waals surface area contributed by atoms with Crippen molar-refractivity contribution in [1.82, 2.24) is 10.1 Å². The predicted molar refractivity (Wildman–Crippen MR) is 104 cm³/mol. The molecule has 6 nitrogen and oxygen atoms in total. The number of rotatable bonds is 8. The molecule has 0 unspecified atom stereocenters. The minimum atomic E-state index is -0.554.